The SMILES string of the molecule is CC(Sc1nnc(NCc2ccccc2)s1)C(=O)N(C)Cc1cccc(F)c1. The molecule has 0 aliphatic rings. The molecular formula is C20H21FN4OS2. The van der Waals surface area contributed by atoms with E-state index in [1.165, 1.54) is 35.2 Å². The average Bonchev–Trinajstić information content (AvgIpc) is 3.14. The number of halogens is 1. The standard InChI is InChI=1S/C20H21FN4OS2/c1-14(18(26)25(2)13-16-9-6-10-17(21)11-16)27-20-24-23-19(28-20)22-12-15-7-4-3-5-8-15/h3-11,14H,12-13H2,1-2H3,(H,22,23). The minimum absolute atomic E-state index is 0.0387. The van der Waals surface area contributed by atoms with Gasteiger partial charge in [-0.25, -0.2) is 4.39 Å². The quantitative estimate of drug-likeness (QED) is 0.551. The number of nitrogens with one attached hydrogen (secondary N) is 1. The van der Waals surface area contributed by atoms with Gasteiger partial charge in [0.15, 0.2) is 4.34 Å². The number of hydrogen-bond acceptors (Lipinski definition) is 6. The summed E-state index contributed by atoms with van der Waals surface area (Å²) in [6, 6.07) is 16.3. The molecule has 0 fully saturated rings. The van der Waals surface area contributed by atoms with Crippen LogP contribution in [0.1, 0.15) is 18.1 Å². The van der Waals surface area contributed by atoms with Crippen molar-refractivity contribution in [3.05, 3.63) is 71.5 Å². The van der Waals surface area contributed by atoms with E-state index < -0.39 is 0 Å². The van der Waals surface area contributed by atoms with Crippen molar-refractivity contribution in [1.29, 1.82) is 0 Å². The van der Waals surface area contributed by atoms with E-state index in [4.69, 9.17) is 0 Å². The van der Waals surface area contributed by atoms with Crippen LogP contribution in [0, 0.1) is 5.82 Å². The van der Waals surface area contributed by atoms with Crippen molar-refractivity contribution in [3.63, 3.8) is 0 Å². The molecule has 0 saturated heterocycles. The number of carbonyl (C=O) groups excluding carboxylic acids is 1. The Bertz CT molecular complexity index is 919. The molecule has 0 aliphatic carbocycles. The van der Waals surface area contributed by atoms with Crippen molar-refractivity contribution < 1.29 is 9.18 Å². The van der Waals surface area contributed by atoms with E-state index in [0.29, 0.717) is 13.1 Å². The summed E-state index contributed by atoms with van der Waals surface area (Å²) in [4.78, 5) is 14.2. The topological polar surface area (TPSA) is 58.1 Å². The first-order valence-corrected chi connectivity index (χ1v) is 10.5. The number of anilines is 1. The van der Waals surface area contributed by atoms with Crippen molar-refractivity contribution in [3.8, 4) is 0 Å². The van der Waals surface area contributed by atoms with Crippen molar-refractivity contribution in [2.75, 3.05) is 12.4 Å². The van der Waals surface area contributed by atoms with E-state index in [1.54, 1.807) is 24.1 Å². The van der Waals surface area contributed by atoms with Gasteiger partial charge in [-0.3, -0.25) is 4.79 Å². The summed E-state index contributed by atoms with van der Waals surface area (Å²) in [7, 11) is 1.72. The Labute approximate surface area is 172 Å². The van der Waals surface area contributed by atoms with Gasteiger partial charge in [-0.1, -0.05) is 65.6 Å². The summed E-state index contributed by atoms with van der Waals surface area (Å²) in [6.45, 7) is 2.88. The molecular weight excluding hydrogens is 395 g/mol. The molecule has 3 rings (SSSR count). The number of amides is 1. The molecule has 1 atom stereocenters. The average molecular weight is 417 g/mol. The zero-order valence-electron chi connectivity index (χ0n) is 15.6. The third kappa shape index (κ3) is 5.77. The molecule has 0 radical (unpaired) electrons. The summed E-state index contributed by atoms with van der Waals surface area (Å²) in [5, 5.41) is 11.9. The Morgan fingerprint density at radius 2 is 1.93 bits per heavy atom. The highest BCUT2D eigenvalue weighted by Gasteiger charge is 2.21. The smallest absolute Gasteiger partial charge is 0.235 e. The van der Waals surface area contributed by atoms with Gasteiger partial charge in [-0.2, -0.15) is 0 Å². The molecule has 1 amide bonds. The second-order valence-electron chi connectivity index (χ2n) is 6.30. The number of aromatic nitrogens is 2. The van der Waals surface area contributed by atoms with Crippen LogP contribution in [0.4, 0.5) is 9.52 Å². The number of carbonyl (C=O) groups is 1. The molecule has 146 valence electrons. The largest absolute Gasteiger partial charge is 0.356 e. The maximum absolute atomic E-state index is 13.3. The second kappa shape index (κ2) is 9.66. The van der Waals surface area contributed by atoms with E-state index in [1.807, 2.05) is 37.3 Å². The lowest BCUT2D eigenvalue weighted by molar-refractivity contribution is -0.129. The molecule has 0 spiro atoms. The van der Waals surface area contributed by atoms with Crippen molar-refractivity contribution >= 4 is 34.1 Å². The Hall–Kier alpha value is -2.45. The van der Waals surface area contributed by atoms with Crippen LogP contribution in [0.25, 0.3) is 0 Å². The zero-order chi connectivity index (χ0) is 19.9. The van der Waals surface area contributed by atoms with Crippen molar-refractivity contribution in [1.82, 2.24) is 15.1 Å². The molecule has 0 aliphatic heterocycles. The highest BCUT2D eigenvalue weighted by molar-refractivity contribution is 8.02. The summed E-state index contributed by atoms with van der Waals surface area (Å²) < 4.78 is 14.0. The van der Waals surface area contributed by atoms with Gasteiger partial charge in [-0.05, 0) is 30.2 Å². The van der Waals surface area contributed by atoms with E-state index in [0.717, 1.165) is 20.6 Å². The maximum atomic E-state index is 13.3. The zero-order valence-corrected chi connectivity index (χ0v) is 17.3. The first kappa shape index (κ1) is 20.3. The van der Waals surface area contributed by atoms with Gasteiger partial charge in [0.05, 0.1) is 5.25 Å². The lowest BCUT2D eigenvalue weighted by Gasteiger charge is -2.20. The van der Waals surface area contributed by atoms with Gasteiger partial charge in [0.2, 0.25) is 11.0 Å². The molecule has 1 heterocycles. The minimum Gasteiger partial charge on any atom is -0.356 e. The number of benzene rings is 2. The van der Waals surface area contributed by atoms with Crippen LogP contribution in [-0.2, 0) is 17.9 Å². The lowest BCUT2D eigenvalue weighted by atomic mass is 10.2. The summed E-state index contributed by atoms with van der Waals surface area (Å²) >= 11 is 2.80. The fraction of sp³-hybridized carbons (Fsp3) is 0.250. The highest BCUT2D eigenvalue weighted by Crippen LogP contribution is 2.30. The Morgan fingerprint density at radius 3 is 2.68 bits per heavy atom. The number of rotatable bonds is 8. The van der Waals surface area contributed by atoms with Crippen molar-refractivity contribution in [2.24, 2.45) is 0 Å². The third-order valence-electron chi connectivity index (χ3n) is 4.00. The van der Waals surface area contributed by atoms with E-state index in [9.17, 15) is 9.18 Å². The van der Waals surface area contributed by atoms with Gasteiger partial charge in [-0.15, -0.1) is 10.2 Å². The van der Waals surface area contributed by atoms with Gasteiger partial charge in [0.1, 0.15) is 5.82 Å². The molecule has 3 aromatic rings. The number of nitrogens with zero attached hydrogens (tertiary/aromatic N) is 3. The monoisotopic (exact) mass is 416 g/mol. The maximum Gasteiger partial charge on any atom is 0.235 e. The molecule has 1 aromatic heterocycles. The van der Waals surface area contributed by atoms with Crippen LogP contribution in [0.3, 0.4) is 0 Å². The fourth-order valence-corrected chi connectivity index (χ4v) is 4.61. The normalized spacial score (nSPS) is 11.8. The molecule has 2 aromatic carbocycles. The molecule has 8 heteroatoms. The first-order valence-electron chi connectivity index (χ1n) is 8.78. The van der Waals surface area contributed by atoms with Gasteiger partial charge in [0.25, 0.3) is 0 Å². The molecule has 1 N–H and O–H groups in total. The first-order chi connectivity index (χ1) is 13.5. The summed E-state index contributed by atoms with van der Waals surface area (Å²) in [6.07, 6.45) is 0. The van der Waals surface area contributed by atoms with Gasteiger partial charge >= 0.3 is 0 Å². The second-order valence-corrected chi connectivity index (χ2v) is 8.86. The highest BCUT2D eigenvalue weighted by atomic mass is 32.2. The van der Waals surface area contributed by atoms with Crippen LogP contribution in [0.5, 0.6) is 0 Å². The molecule has 5 nitrogen and oxygen atoms in total. The lowest BCUT2D eigenvalue weighted by Crippen LogP contribution is -2.32. The Morgan fingerprint density at radius 1 is 1.18 bits per heavy atom. The summed E-state index contributed by atoms with van der Waals surface area (Å²) in [5.74, 6) is -0.339. The Balaban J connectivity index is 1.51. The fourth-order valence-electron chi connectivity index (χ4n) is 2.60. The molecule has 0 bridgehead atoms. The van der Waals surface area contributed by atoms with E-state index >= 15 is 0 Å². The number of hydrogen-bond donors (Lipinski definition) is 1. The third-order valence-corrected chi connectivity index (χ3v) is 6.06. The van der Waals surface area contributed by atoms with Crippen LogP contribution in [0.15, 0.2) is 58.9 Å². The van der Waals surface area contributed by atoms with E-state index in [2.05, 4.69) is 15.5 Å². The molecule has 28 heavy (non-hydrogen) atoms. The minimum atomic E-state index is -0.312. The van der Waals surface area contributed by atoms with Gasteiger partial charge in [0, 0.05) is 20.1 Å². The Kier molecular flexibility index (Phi) is 7.00. The molecule has 1 unspecified atom stereocenters. The van der Waals surface area contributed by atoms with E-state index in [-0.39, 0.29) is 17.0 Å². The number of thioether (sulfide) groups is 1. The van der Waals surface area contributed by atoms with Crippen LogP contribution >= 0.6 is 23.1 Å². The summed E-state index contributed by atoms with van der Waals surface area (Å²) in [5.41, 5.74) is 1.92. The predicted molar refractivity (Wildman–Crippen MR) is 112 cm³/mol. The molecule has 0 saturated carbocycles. The van der Waals surface area contributed by atoms with Crippen molar-refractivity contribution in [2.45, 2.75) is 29.6 Å². The predicted octanol–water partition coefficient (Wildman–Crippen LogP) is 4.43. The van der Waals surface area contributed by atoms with Crippen LogP contribution < -0.4 is 5.32 Å². The van der Waals surface area contributed by atoms with Gasteiger partial charge < -0.3 is 10.2 Å². The van der Waals surface area contributed by atoms with Crippen LogP contribution in [-0.4, -0.2) is 33.3 Å². The van der Waals surface area contributed by atoms with Crippen LogP contribution in [0.2, 0.25) is 0 Å².